The van der Waals surface area contributed by atoms with Gasteiger partial charge in [0.15, 0.2) is 0 Å². The van der Waals surface area contributed by atoms with E-state index in [-0.39, 0.29) is 0 Å². The van der Waals surface area contributed by atoms with Gasteiger partial charge in [0, 0.05) is 0 Å². The first-order chi connectivity index (χ1) is 3.27. The fourth-order valence-electron chi connectivity index (χ4n) is 0.353. The third kappa shape index (κ3) is 5.96. The SMILES string of the molecule is C[CH]CC[C](C)O. The van der Waals surface area contributed by atoms with Gasteiger partial charge in [-0.05, 0) is 26.2 Å². The fourth-order valence-corrected chi connectivity index (χ4v) is 0.353. The van der Waals surface area contributed by atoms with Crippen LogP contribution in [0.1, 0.15) is 26.7 Å². The molecule has 0 rings (SSSR count). The first-order valence-corrected chi connectivity index (χ1v) is 2.56. The largest absolute Gasteiger partial charge is 0.387 e. The Labute approximate surface area is 45.4 Å². The highest BCUT2D eigenvalue weighted by atomic mass is 16.3. The summed E-state index contributed by atoms with van der Waals surface area (Å²) in [6.45, 7) is 3.71. The lowest BCUT2D eigenvalue weighted by atomic mass is 10.2. The zero-order valence-corrected chi connectivity index (χ0v) is 4.94. The van der Waals surface area contributed by atoms with Gasteiger partial charge in [0.05, 0.1) is 6.10 Å². The highest BCUT2D eigenvalue weighted by molar-refractivity contribution is 4.70. The molecule has 0 fully saturated rings. The predicted molar refractivity (Wildman–Crippen MR) is 30.1 cm³/mol. The average Bonchev–Trinajstić information content (AvgIpc) is 1.61. The summed E-state index contributed by atoms with van der Waals surface area (Å²) in [5, 5.41) is 8.58. The van der Waals surface area contributed by atoms with Crippen LogP contribution in [0.25, 0.3) is 0 Å². The molecule has 0 atom stereocenters. The van der Waals surface area contributed by atoms with Crippen molar-refractivity contribution in [3.05, 3.63) is 12.5 Å². The highest BCUT2D eigenvalue weighted by Crippen LogP contribution is 2.03. The van der Waals surface area contributed by atoms with Gasteiger partial charge in [-0.1, -0.05) is 6.92 Å². The second-order valence-electron chi connectivity index (χ2n) is 1.68. The molecule has 0 bridgehead atoms. The van der Waals surface area contributed by atoms with Crippen molar-refractivity contribution in [1.29, 1.82) is 0 Å². The molecule has 0 aliphatic heterocycles. The Bertz CT molecular complexity index is 33.2. The minimum absolute atomic E-state index is 0.526. The lowest BCUT2D eigenvalue weighted by molar-refractivity contribution is 0.296. The Morgan fingerprint density at radius 3 is 2.43 bits per heavy atom. The molecule has 42 valence electrons. The van der Waals surface area contributed by atoms with Gasteiger partial charge in [-0.3, -0.25) is 0 Å². The van der Waals surface area contributed by atoms with Gasteiger partial charge in [0.1, 0.15) is 0 Å². The van der Waals surface area contributed by atoms with Gasteiger partial charge in [0.2, 0.25) is 0 Å². The van der Waals surface area contributed by atoms with Crippen LogP contribution in [0.3, 0.4) is 0 Å². The van der Waals surface area contributed by atoms with Crippen molar-refractivity contribution < 1.29 is 5.11 Å². The van der Waals surface area contributed by atoms with E-state index < -0.39 is 0 Å². The van der Waals surface area contributed by atoms with Gasteiger partial charge in [-0.25, -0.2) is 0 Å². The van der Waals surface area contributed by atoms with E-state index in [1.165, 1.54) is 0 Å². The molecule has 0 aliphatic rings. The Kier molecular flexibility index (Phi) is 4.10. The number of hydrogen-bond donors (Lipinski definition) is 1. The minimum Gasteiger partial charge on any atom is -0.387 e. The Hall–Kier alpha value is -0.0400. The summed E-state index contributed by atoms with van der Waals surface area (Å²) in [5.41, 5.74) is 0. The first kappa shape index (κ1) is 6.96. The van der Waals surface area contributed by atoms with Crippen LogP contribution in [0.5, 0.6) is 0 Å². The van der Waals surface area contributed by atoms with Crippen LogP contribution in [0, 0.1) is 12.5 Å². The van der Waals surface area contributed by atoms with Crippen molar-refractivity contribution in [2.24, 2.45) is 0 Å². The molecule has 0 aromatic rings. The molecule has 0 aromatic carbocycles. The van der Waals surface area contributed by atoms with E-state index in [1.807, 2.05) is 13.3 Å². The van der Waals surface area contributed by atoms with E-state index in [9.17, 15) is 0 Å². The topological polar surface area (TPSA) is 20.2 Å². The Balaban J connectivity index is 2.68. The normalized spacial score (nSPS) is 10.3. The number of rotatable bonds is 3. The zero-order valence-electron chi connectivity index (χ0n) is 4.94. The maximum Gasteiger partial charge on any atom is 0.0902 e. The smallest absolute Gasteiger partial charge is 0.0902 e. The molecule has 1 nitrogen and oxygen atoms in total. The fraction of sp³-hybridized carbons (Fsp3) is 0.667. The predicted octanol–water partition coefficient (Wildman–Crippen LogP) is 1.92. The number of aliphatic hydroxyl groups excluding tert-OH is 1. The third-order valence-corrected chi connectivity index (χ3v) is 0.795. The highest BCUT2D eigenvalue weighted by Gasteiger charge is 1.92. The third-order valence-electron chi connectivity index (χ3n) is 0.795. The van der Waals surface area contributed by atoms with Crippen LogP contribution in [-0.4, -0.2) is 5.11 Å². The van der Waals surface area contributed by atoms with Crippen molar-refractivity contribution >= 4 is 0 Å². The lowest BCUT2D eigenvalue weighted by Crippen LogP contribution is -1.86. The summed E-state index contributed by atoms with van der Waals surface area (Å²) in [6.07, 6.45) is 4.37. The number of aliphatic hydroxyl groups is 1. The molecule has 7 heavy (non-hydrogen) atoms. The molecule has 1 N–H and O–H groups in total. The van der Waals surface area contributed by atoms with Crippen LogP contribution in [0.4, 0.5) is 0 Å². The van der Waals surface area contributed by atoms with Gasteiger partial charge in [0.25, 0.3) is 0 Å². The molecule has 0 spiro atoms. The van der Waals surface area contributed by atoms with E-state index in [1.54, 1.807) is 6.92 Å². The molecule has 0 aliphatic carbocycles. The summed E-state index contributed by atoms with van der Waals surface area (Å²) in [4.78, 5) is 0. The van der Waals surface area contributed by atoms with E-state index in [2.05, 4.69) is 0 Å². The second-order valence-corrected chi connectivity index (χ2v) is 1.68. The van der Waals surface area contributed by atoms with Crippen LogP contribution < -0.4 is 0 Å². The molecular formula is C6H12O. The van der Waals surface area contributed by atoms with Crippen LogP contribution in [0.2, 0.25) is 0 Å². The van der Waals surface area contributed by atoms with Crippen molar-refractivity contribution in [2.75, 3.05) is 0 Å². The van der Waals surface area contributed by atoms with Crippen LogP contribution >= 0.6 is 0 Å². The van der Waals surface area contributed by atoms with Gasteiger partial charge in [-0.15, -0.1) is 0 Å². The van der Waals surface area contributed by atoms with Gasteiger partial charge < -0.3 is 5.11 Å². The van der Waals surface area contributed by atoms with E-state index in [4.69, 9.17) is 5.11 Å². The van der Waals surface area contributed by atoms with Crippen molar-refractivity contribution in [3.8, 4) is 0 Å². The second kappa shape index (κ2) is 4.13. The summed E-state index contributed by atoms with van der Waals surface area (Å²) in [5.74, 6) is 0. The van der Waals surface area contributed by atoms with Crippen LogP contribution in [-0.2, 0) is 0 Å². The summed E-state index contributed by atoms with van der Waals surface area (Å²) in [6, 6.07) is 0. The average molecular weight is 100 g/mol. The molecular weight excluding hydrogens is 88.1 g/mol. The number of hydrogen-bond acceptors (Lipinski definition) is 1. The van der Waals surface area contributed by atoms with E-state index in [0.29, 0.717) is 6.10 Å². The summed E-state index contributed by atoms with van der Waals surface area (Å²) < 4.78 is 0. The van der Waals surface area contributed by atoms with E-state index >= 15 is 0 Å². The monoisotopic (exact) mass is 100 g/mol. The quantitative estimate of drug-likeness (QED) is 0.574. The molecule has 0 aromatic heterocycles. The number of unbranched alkanes of at least 4 members (excludes halogenated alkanes) is 1. The van der Waals surface area contributed by atoms with Crippen LogP contribution in [0.15, 0.2) is 0 Å². The standard InChI is InChI=1S/C6H12O/c1-3-4-5-6(2)7/h3,7H,4-5H2,1-2H3. The van der Waals surface area contributed by atoms with E-state index in [0.717, 1.165) is 12.8 Å². The molecule has 0 heterocycles. The summed E-state index contributed by atoms with van der Waals surface area (Å²) in [7, 11) is 0. The molecule has 1 heteroatoms. The van der Waals surface area contributed by atoms with Gasteiger partial charge >= 0.3 is 0 Å². The first-order valence-electron chi connectivity index (χ1n) is 2.56. The van der Waals surface area contributed by atoms with Gasteiger partial charge in [-0.2, -0.15) is 0 Å². The molecule has 0 amide bonds. The maximum atomic E-state index is 8.58. The van der Waals surface area contributed by atoms with Crippen molar-refractivity contribution in [3.63, 3.8) is 0 Å². The Morgan fingerprint density at radius 1 is 1.71 bits per heavy atom. The molecule has 0 saturated heterocycles. The molecule has 2 radical (unpaired) electrons. The lowest BCUT2D eigenvalue weighted by Gasteiger charge is -1.96. The zero-order chi connectivity index (χ0) is 5.70. The maximum absolute atomic E-state index is 8.58. The minimum atomic E-state index is 0.526. The summed E-state index contributed by atoms with van der Waals surface area (Å²) >= 11 is 0. The molecule has 0 saturated carbocycles. The Morgan fingerprint density at radius 2 is 2.29 bits per heavy atom. The molecule has 0 unspecified atom stereocenters. The van der Waals surface area contributed by atoms with Crippen molar-refractivity contribution in [2.45, 2.75) is 26.7 Å². The van der Waals surface area contributed by atoms with Crippen molar-refractivity contribution in [1.82, 2.24) is 0 Å².